The van der Waals surface area contributed by atoms with Gasteiger partial charge in [0.1, 0.15) is 17.4 Å². The van der Waals surface area contributed by atoms with E-state index in [9.17, 15) is 14.4 Å². The minimum atomic E-state index is -1.35. The molecular weight excluding hydrogens is 472 g/mol. The third-order valence-electron chi connectivity index (χ3n) is 6.72. The van der Waals surface area contributed by atoms with Crippen LogP contribution >= 0.6 is 11.6 Å². The molecule has 1 aromatic heterocycles. The van der Waals surface area contributed by atoms with Crippen LogP contribution < -0.4 is 15.5 Å². The van der Waals surface area contributed by atoms with Crippen LogP contribution in [0.5, 0.6) is 0 Å². The second kappa shape index (κ2) is 7.66. The number of para-hydroxylation sites is 1. The van der Waals surface area contributed by atoms with Crippen molar-refractivity contribution in [3.8, 4) is 0 Å². The van der Waals surface area contributed by atoms with Crippen LogP contribution in [0.3, 0.4) is 0 Å². The SMILES string of the molecule is Cc1cc(NC(=O)[C@@H]2[C@H]3C(=O)N(c4ccccc4Cl)[C@@H](C(=O)NC(C)(C)C)[C@@]34C=C[C@@]2(C)O4)no1. The van der Waals surface area contributed by atoms with Crippen LogP contribution in [-0.4, -0.2) is 45.7 Å². The van der Waals surface area contributed by atoms with Crippen molar-refractivity contribution >= 4 is 40.8 Å². The van der Waals surface area contributed by atoms with Gasteiger partial charge in [-0.25, -0.2) is 0 Å². The van der Waals surface area contributed by atoms with E-state index < -0.39 is 52.3 Å². The molecule has 1 aromatic carbocycles. The highest BCUT2D eigenvalue weighted by atomic mass is 35.5. The van der Waals surface area contributed by atoms with Crippen molar-refractivity contribution in [2.45, 2.75) is 57.4 Å². The highest BCUT2D eigenvalue weighted by Gasteiger charge is 2.76. The number of amides is 3. The first-order chi connectivity index (χ1) is 16.4. The Labute approximate surface area is 207 Å². The fraction of sp³-hybridized carbons (Fsp3) is 0.440. The zero-order valence-corrected chi connectivity index (χ0v) is 20.8. The maximum absolute atomic E-state index is 14.1. The number of halogens is 1. The van der Waals surface area contributed by atoms with E-state index in [0.717, 1.165) is 0 Å². The normalized spacial score (nSPS) is 31.1. The Hall–Kier alpha value is -3.17. The average Bonchev–Trinajstić information content (AvgIpc) is 3.44. The van der Waals surface area contributed by atoms with Crippen molar-refractivity contribution in [1.29, 1.82) is 0 Å². The molecule has 0 unspecified atom stereocenters. The molecule has 5 atom stereocenters. The summed E-state index contributed by atoms with van der Waals surface area (Å²) in [5.41, 5.74) is -2.61. The molecule has 184 valence electrons. The molecule has 10 heteroatoms. The summed E-state index contributed by atoms with van der Waals surface area (Å²) in [6, 6.07) is 7.35. The number of fused-ring (bicyclic) bond motifs is 1. The van der Waals surface area contributed by atoms with Crippen molar-refractivity contribution in [3.05, 3.63) is 53.3 Å². The average molecular weight is 499 g/mol. The molecule has 0 radical (unpaired) electrons. The summed E-state index contributed by atoms with van der Waals surface area (Å²) in [5.74, 6) is -2.32. The van der Waals surface area contributed by atoms with E-state index in [-0.39, 0.29) is 5.82 Å². The van der Waals surface area contributed by atoms with Crippen molar-refractivity contribution in [1.82, 2.24) is 10.5 Å². The number of ether oxygens (including phenoxy) is 1. The monoisotopic (exact) mass is 498 g/mol. The van der Waals surface area contributed by atoms with Gasteiger partial charge in [0, 0.05) is 11.6 Å². The Balaban J connectivity index is 1.61. The maximum Gasteiger partial charge on any atom is 0.246 e. The Morgan fingerprint density at radius 3 is 2.51 bits per heavy atom. The Kier molecular flexibility index (Phi) is 5.16. The number of benzene rings is 1. The number of rotatable bonds is 4. The molecule has 35 heavy (non-hydrogen) atoms. The van der Waals surface area contributed by atoms with Crippen LogP contribution in [0.4, 0.5) is 11.5 Å². The molecule has 2 aromatic rings. The van der Waals surface area contributed by atoms with E-state index in [1.165, 1.54) is 4.90 Å². The number of aromatic nitrogens is 1. The van der Waals surface area contributed by atoms with Crippen molar-refractivity contribution < 1.29 is 23.6 Å². The van der Waals surface area contributed by atoms with E-state index >= 15 is 0 Å². The lowest BCUT2D eigenvalue weighted by molar-refractivity contribution is -0.131. The third-order valence-corrected chi connectivity index (χ3v) is 7.04. The lowest BCUT2D eigenvalue weighted by atomic mass is 9.70. The lowest BCUT2D eigenvalue weighted by Crippen LogP contribution is -2.58. The van der Waals surface area contributed by atoms with Crippen molar-refractivity contribution in [3.63, 3.8) is 0 Å². The minimum absolute atomic E-state index is 0.243. The van der Waals surface area contributed by atoms with Gasteiger partial charge in [0.15, 0.2) is 5.82 Å². The molecule has 2 N–H and O–H groups in total. The van der Waals surface area contributed by atoms with E-state index in [4.69, 9.17) is 20.9 Å². The summed E-state index contributed by atoms with van der Waals surface area (Å²) in [5, 5.41) is 9.86. The largest absolute Gasteiger partial charge is 0.360 e. The fourth-order valence-corrected chi connectivity index (χ4v) is 5.73. The summed E-state index contributed by atoms with van der Waals surface area (Å²) in [7, 11) is 0. The van der Waals surface area contributed by atoms with Gasteiger partial charge in [-0.2, -0.15) is 0 Å². The van der Waals surface area contributed by atoms with Crippen LogP contribution in [0.2, 0.25) is 5.02 Å². The number of carbonyl (C=O) groups is 3. The predicted molar refractivity (Wildman–Crippen MR) is 129 cm³/mol. The van der Waals surface area contributed by atoms with Crippen molar-refractivity contribution in [2.75, 3.05) is 10.2 Å². The Morgan fingerprint density at radius 1 is 1.17 bits per heavy atom. The quantitative estimate of drug-likeness (QED) is 0.625. The van der Waals surface area contributed by atoms with Crippen LogP contribution in [-0.2, 0) is 19.1 Å². The van der Waals surface area contributed by atoms with Crippen LogP contribution in [0, 0.1) is 18.8 Å². The summed E-state index contributed by atoms with van der Waals surface area (Å²) >= 11 is 6.48. The molecule has 4 heterocycles. The molecule has 0 aliphatic carbocycles. The van der Waals surface area contributed by atoms with Crippen LogP contribution in [0.15, 0.2) is 47.0 Å². The molecule has 3 aliphatic rings. The van der Waals surface area contributed by atoms with Gasteiger partial charge in [-0.3, -0.25) is 19.3 Å². The second-order valence-electron chi connectivity index (χ2n) is 10.5. The molecule has 5 rings (SSSR count). The zero-order chi connectivity index (χ0) is 25.3. The molecule has 2 saturated heterocycles. The second-order valence-corrected chi connectivity index (χ2v) is 10.9. The van der Waals surface area contributed by atoms with Gasteiger partial charge >= 0.3 is 0 Å². The van der Waals surface area contributed by atoms with Gasteiger partial charge in [-0.1, -0.05) is 41.0 Å². The number of nitrogens with zero attached hydrogens (tertiary/aromatic N) is 2. The standard InChI is InChI=1S/C25H27ClN4O5/c1-13-12-16(29-34-13)27-20(31)17-18-22(33)30(15-9-7-6-8-14(15)26)19(21(32)28-23(2,3)4)25(18)11-10-24(17,5)35-25/h6-12,17-19H,1-5H3,(H,28,32)(H,27,29,31)/t17-,18-,19-,24+,25+/m0/s1. The summed E-state index contributed by atoms with van der Waals surface area (Å²) < 4.78 is 11.5. The molecular formula is C25H27ClN4O5. The molecule has 3 amide bonds. The molecule has 9 nitrogen and oxygen atoms in total. The summed E-state index contributed by atoms with van der Waals surface area (Å²) in [4.78, 5) is 42.7. The van der Waals surface area contributed by atoms with Gasteiger partial charge < -0.3 is 19.9 Å². The predicted octanol–water partition coefficient (Wildman–Crippen LogP) is 3.23. The highest BCUT2D eigenvalue weighted by Crippen LogP contribution is 2.60. The van der Waals surface area contributed by atoms with E-state index in [0.29, 0.717) is 16.5 Å². The van der Waals surface area contributed by atoms with Gasteiger partial charge in [0.05, 0.1) is 28.1 Å². The van der Waals surface area contributed by atoms with E-state index in [1.807, 2.05) is 20.8 Å². The Morgan fingerprint density at radius 2 is 1.89 bits per heavy atom. The molecule has 0 saturated carbocycles. The van der Waals surface area contributed by atoms with Gasteiger partial charge in [-0.15, -0.1) is 0 Å². The lowest BCUT2D eigenvalue weighted by Gasteiger charge is -2.35. The highest BCUT2D eigenvalue weighted by molar-refractivity contribution is 6.34. The van der Waals surface area contributed by atoms with Gasteiger partial charge in [0.25, 0.3) is 0 Å². The van der Waals surface area contributed by atoms with Gasteiger partial charge in [0.2, 0.25) is 17.7 Å². The molecule has 1 spiro atoms. The Bertz CT molecular complexity index is 1270. The number of hydrogen-bond acceptors (Lipinski definition) is 6. The summed E-state index contributed by atoms with van der Waals surface area (Å²) in [6.45, 7) is 9.04. The van der Waals surface area contributed by atoms with Crippen LogP contribution in [0.25, 0.3) is 0 Å². The van der Waals surface area contributed by atoms with E-state index in [1.54, 1.807) is 56.3 Å². The van der Waals surface area contributed by atoms with Gasteiger partial charge in [-0.05, 0) is 46.8 Å². The maximum atomic E-state index is 14.1. The third kappa shape index (κ3) is 3.56. The zero-order valence-electron chi connectivity index (χ0n) is 20.1. The van der Waals surface area contributed by atoms with Crippen LogP contribution in [0.1, 0.15) is 33.5 Å². The molecule has 2 fully saturated rings. The molecule has 3 aliphatic heterocycles. The number of nitrogens with one attached hydrogen (secondary N) is 2. The number of aryl methyl sites for hydroxylation is 1. The first-order valence-corrected chi connectivity index (χ1v) is 11.8. The number of hydrogen-bond donors (Lipinski definition) is 2. The summed E-state index contributed by atoms with van der Waals surface area (Å²) in [6.07, 6.45) is 3.52. The first-order valence-electron chi connectivity index (χ1n) is 11.4. The smallest absolute Gasteiger partial charge is 0.246 e. The number of anilines is 2. The topological polar surface area (TPSA) is 114 Å². The van der Waals surface area contributed by atoms with Crippen molar-refractivity contribution in [2.24, 2.45) is 11.8 Å². The molecule has 2 bridgehead atoms. The minimum Gasteiger partial charge on any atom is -0.360 e. The number of carbonyl (C=O) groups excluding carboxylic acids is 3. The fourth-order valence-electron chi connectivity index (χ4n) is 5.51. The van der Waals surface area contributed by atoms with E-state index in [2.05, 4.69) is 15.8 Å². The first kappa shape index (κ1) is 23.6.